The molecule has 2 heterocycles. The Labute approximate surface area is 139 Å². The second-order valence-corrected chi connectivity index (χ2v) is 5.83. The maximum absolute atomic E-state index is 13.4. The molecule has 1 saturated heterocycles. The summed E-state index contributed by atoms with van der Waals surface area (Å²) in [5, 5.41) is 11.6. The highest BCUT2D eigenvalue weighted by Crippen LogP contribution is 2.31. The topological polar surface area (TPSA) is 82.5 Å². The molecule has 0 aliphatic carbocycles. The largest absolute Gasteiger partial charge is 0.452 e. The molecule has 2 atom stereocenters. The predicted octanol–water partition coefficient (Wildman–Crippen LogP) is 0.567. The van der Waals surface area contributed by atoms with Gasteiger partial charge in [0.05, 0.1) is 6.54 Å². The minimum Gasteiger partial charge on any atom is -0.452 e. The molecule has 1 radical (unpaired) electrons. The van der Waals surface area contributed by atoms with E-state index in [0.29, 0.717) is 19.5 Å². The highest BCUT2D eigenvalue weighted by molar-refractivity contribution is 6.28. The minimum atomic E-state index is -3.05. The normalized spacial score (nSPS) is 20.5. The number of halogens is 2. The van der Waals surface area contributed by atoms with Crippen molar-refractivity contribution in [3.05, 3.63) is 29.6 Å². The molecule has 2 amide bonds. The van der Waals surface area contributed by atoms with E-state index in [2.05, 4.69) is 10.3 Å². The van der Waals surface area contributed by atoms with Crippen molar-refractivity contribution in [2.24, 2.45) is 0 Å². The number of carbonyl (C=O) groups excluding carboxylic acids is 2. The number of likely N-dealkylation sites (tertiary alicyclic amines) is 1. The minimum absolute atomic E-state index is 0.346. The molecule has 1 aromatic rings. The lowest BCUT2D eigenvalue weighted by Gasteiger charge is -2.25. The van der Waals surface area contributed by atoms with Crippen LogP contribution >= 0.6 is 0 Å². The van der Waals surface area contributed by atoms with Gasteiger partial charge in [-0.15, -0.1) is 0 Å². The first-order valence-electron chi connectivity index (χ1n) is 7.69. The Balaban J connectivity index is 2.04. The molecule has 6 nitrogen and oxygen atoms in total. The summed E-state index contributed by atoms with van der Waals surface area (Å²) in [5.74, 6) is -5.26. The molecule has 2 N–H and O–H groups in total. The third-order valence-corrected chi connectivity index (χ3v) is 3.92. The third kappa shape index (κ3) is 4.08. The fourth-order valence-corrected chi connectivity index (χ4v) is 2.62. The second kappa shape index (κ2) is 7.25. The van der Waals surface area contributed by atoms with Gasteiger partial charge in [0, 0.05) is 29.8 Å². The van der Waals surface area contributed by atoms with Gasteiger partial charge < -0.3 is 15.2 Å². The van der Waals surface area contributed by atoms with Crippen LogP contribution in [0.2, 0.25) is 0 Å². The maximum Gasteiger partial charge on any atom is 0.312 e. The van der Waals surface area contributed by atoms with E-state index in [1.807, 2.05) is 6.92 Å². The van der Waals surface area contributed by atoms with Gasteiger partial charge in [-0.2, -0.15) is 0 Å². The molecule has 0 spiro atoms. The van der Waals surface area contributed by atoms with Crippen molar-refractivity contribution in [2.45, 2.75) is 44.6 Å². The molecule has 129 valence electrons. The highest BCUT2D eigenvalue weighted by atomic mass is 19.3. The van der Waals surface area contributed by atoms with E-state index in [4.69, 9.17) is 5.02 Å². The van der Waals surface area contributed by atoms with Crippen molar-refractivity contribution in [1.29, 1.82) is 0 Å². The summed E-state index contributed by atoms with van der Waals surface area (Å²) in [5.41, 5.74) is 1.08. The Morgan fingerprint density at radius 2 is 2.29 bits per heavy atom. The molecule has 0 aromatic carbocycles. The van der Waals surface area contributed by atoms with E-state index in [-0.39, 0.29) is 0 Å². The van der Waals surface area contributed by atoms with Crippen LogP contribution in [-0.4, -0.2) is 58.7 Å². The van der Waals surface area contributed by atoms with Gasteiger partial charge in [0.15, 0.2) is 0 Å². The summed E-state index contributed by atoms with van der Waals surface area (Å²) in [7, 11) is 0.587. The lowest BCUT2D eigenvalue weighted by molar-refractivity contribution is -0.134. The lowest BCUT2D eigenvalue weighted by atomic mass is 9.85. The van der Waals surface area contributed by atoms with Gasteiger partial charge in [0.1, 0.15) is 6.04 Å². The van der Waals surface area contributed by atoms with Crippen LogP contribution < -0.4 is 5.32 Å². The van der Waals surface area contributed by atoms with Crippen molar-refractivity contribution in [3.8, 4) is 0 Å². The first kappa shape index (κ1) is 18.3. The number of amides is 2. The van der Waals surface area contributed by atoms with Crippen LogP contribution in [0.5, 0.6) is 0 Å². The van der Waals surface area contributed by atoms with Crippen LogP contribution in [-0.2, 0) is 11.2 Å². The fourth-order valence-electron chi connectivity index (χ4n) is 2.62. The number of hydrogen-bond donors (Lipinski definition) is 2. The molecule has 0 saturated carbocycles. The molecule has 9 heteroatoms. The van der Waals surface area contributed by atoms with Crippen molar-refractivity contribution < 1.29 is 23.4 Å². The molecule has 1 aromatic heterocycles. The summed E-state index contributed by atoms with van der Waals surface area (Å²) in [6.07, 6.45) is 1.53. The van der Waals surface area contributed by atoms with E-state index in [0.717, 1.165) is 10.6 Å². The number of rotatable bonds is 5. The summed E-state index contributed by atoms with van der Waals surface area (Å²) < 4.78 is 26.9. The molecule has 24 heavy (non-hydrogen) atoms. The highest BCUT2D eigenvalue weighted by Gasteiger charge is 2.47. The van der Waals surface area contributed by atoms with Gasteiger partial charge in [-0.1, -0.05) is 6.92 Å². The Hall–Kier alpha value is -2.03. The molecular weight excluding hydrogens is 319 g/mol. The number of nitrogens with zero attached hydrogens (tertiary/aromatic N) is 2. The zero-order chi connectivity index (χ0) is 17.9. The lowest BCUT2D eigenvalue weighted by Crippen LogP contribution is -2.50. The van der Waals surface area contributed by atoms with Gasteiger partial charge in [-0.05, 0) is 25.5 Å². The first-order chi connectivity index (χ1) is 11.3. The Kier molecular flexibility index (Phi) is 5.53. The smallest absolute Gasteiger partial charge is 0.312 e. The van der Waals surface area contributed by atoms with Crippen molar-refractivity contribution >= 4 is 19.3 Å². The molecule has 2 rings (SSSR count). The third-order valence-electron chi connectivity index (χ3n) is 3.92. The SMILES string of the molecule is CCc1cc(C(=O)NC(C)C(=O)N2CC(F)(F)CC2[B]O)ccn1. The summed E-state index contributed by atoms with van der Waals surface area (Å²) in [6, 6.07) is 2.13. The van der Waals surface area contributed by atoms with Crippen LogP contribution in [0.4, 0.5) is 8.78 Å². The quantitative estimate of drug-likeness (QED) is 0.769. The zero-order valence-electron chi connectivity index (χ0n) is 13.5. The molecule has 1 aliphatic rings. The van der Waals surface area contributed by atoms with Gasteiger partial charge in [0.25, 0.3) is 11.8 Å². The van der Waals surface area contributed by atoms with Crippen molar-refractivity contribution in [2.75, 3.05) is 6.54 Å². The Bertz CT molecular complexity index is 630. The standard InChI is InChI=1S/C15H19BF2N3O3/c1-3-11-6-10(4-5-19-11)13(22)20-9(2)14(23)21-8-15(17,18)7-12(21)16-24/h4-6,9,12,24H,3,7-8H2,1-2H3,(H,20,22). The number of pyridine rings is 1. The number of hydrogen-bond acceptors (Lipinski definition) is 4. The number of aryl methyl sites for hydroxylation is 1. The monoisotopic (exact) mass is 338 g/mol. The maximum atomic E-state index is 13.4. The number of nitrogens with one attached hydrogen (secondary N) is 1. The molecular formula is C15H19BF2N3O3. The number of carbonyl (C=O) groups is 2. The Morgan fingerprint density at radius 1 is 1.58 bits per heavy atom. The zero-order valence-corrected chi connectivity index (χ0v) is 13.5. The summed E-state index contributed by atoms with van der Waals surface area (Å²) >= 11 is 0. The second-order valence-electron chi connectivity index (χ2n) is 5.83. The van der Waals surface area contributed by atoms with E-state index in [1.165, 1.54) is 19.2 Å². The first-order valence-corrected chi connectivity index (χ1v) is 7.69. The van der Waals surface area contributed by atoms with Gasteiger partial charge in [-0.25, -0.2) is 8.78 Å². The van der Waals surface area contributed by atoms with Crippen molar-refractivity contribution in [3.63, 3.8) is 0 Å². The molecule has 2 unspecified atom stereocenters. The summed E-state index contributed by atoms with van der Waals surface area (Å²) in [6.45, 7) is 2.55. The fraction of sp³-hybridized carbons (Fsp3) is 0.533. The molecule has 1 fully saturated rings. The van der Waals surface area contributed by atoms with Crippen LogP contribution in [0, 0.1) is 0 Å². The predicted molar refractivity (Wildman–Crippen MR) is 83.6 cm³/mol. The van der Waals surface area contributed by atoms with Crippen LogP contribution in [0.1, 0.15) is 36.3 Å². The van der Waals surface area contributed by atoms with E-state index >= 15 is 0 Å². The van der Waals surface area contributed by atoms with E-state index in [1.54, 1.807) is 6.07 Å². The average Bonchev–Trinajstić information content (AvgIpc) is 2.88. The van der Waals surface area contributed by atoms with E-state index < -0.39 is 42.7 Å². The van der Waals surface area contributed by atoms with Crippen LogP contribution in [0.3, 0.4) is 0 Å². The van der Waals surface area contributed by atoms with Crippen LogP contribution in [0.15, 0.2) is 18.3 Å². The Morgan fingerprint density at radius 3 is 2.92 bits per heavy atom. The van der Waals surface area contributed by atoms with Crippen molar-refractivity contribution in [1.82, 2.24) is 15.2 Å². The number of aromatic nitrogens is 1. The summed E-state index contributed by atoms with van der Waals surface area (Å²) in [4.78, 5) is 29.5. The molecule has 1 aliphatic heterocycles. The van der Waals surface area contributed by atoms with Gasteiger partial charge >= 0.3 is 7.48 Å². The van der Waals surface area contributed by atoms with Gasteiger partial charge in [-0.3, -0.25) is 14.6 Å². The number of alkyl halides is 2. The van der Waals surface area contributed by atoms with E-state index in [9.17, 15) is 18.4 Å². The van der Waals surface area contributed by atoms with Crippen LogP contribution in [0.25, 0.3) is 0 Å². The van der Waals surface area contributed by atoms with Gasteiger partial charge in [0.2, 0.25) is 5.91 Å². The molecule has 0 bridgehead atoms. The average molecular weight is 338 g/mol.